The molecule has 4 aromatic rings. The van der Waals surface area contributed by atoms with Crippen LogP contribution < -0.4 is 0 Å². The Morgan fingerprint density at radius 3 is 1.02 bits per heavy atom. The molecule has 4 N–H and O–H groups in total. The van der Waals surface area contributed by atoms with Gasteiger partial charge in [-0.15, -0.1) is 0 Å². The fraction of sp³-hybridized carbons (Fsp3) is 0.125. The van der Waals surface area contributed by atoms with Gasteiger partial charge in [0.15, 0.2) is 23.0 Å². The zero-order chi connectivity index (χ0) is 30.0. The van der Waals surface area contributed by atoms with E-state index in [2.05, 4.69) is 0 Å². The van der Waals surface area contributed by atoms with Crippen molar-refractivity contribution in [3.05, 3.63) is 118 Å². The largest absolute Gasteiger partial charge is 0.504 e. The van der Waals surface area contributed by atoms with Gasteiger partial charge in [0.05, 0.1) is 22.3 Å². The second-order valence-corrected chi connectivity index (χ2v) is 9.76. The monoisotopic (exact) mass is 566 g/mol. The molecule has 10 nitrogen and oxygen atoms in total. The Labute approximate surface area is 240 Å². The minimum absolute atomic E-state index is 0.195. The zero-order valence-electron chi connectivity index (χ0n) is 22.2. The van der Waals surface area contributed by atoms with Gasteiger partial charge in [-0.3, -0.25) is 29.0 Å². The van der Waals surface area contributed by atoms with Crippen LogP contribution in [0.25, 0.3) is 0 Å². The van der Waals surface area contributed by atoms with Gasteiger partial charge in [-0.25, -0.2) is 0 Å². The fourth-order valence-corrected chi connectivity index (χ4v) is 4.82. The third-order valence-electron chi connectivity index (χ3n) is 7.08. The second-order valence-electron chi connectivity index (χ2n) is 9.76. The molecule has 0 spiro atoms. The van der Waals surface area contributed by atoms with Crippen LogP contribution in [0.4, 0.5) is 0 Å². The minimum atomic E-state index is -0.293. The number of amides is 4. The van der Waals surface area contributed by atoms with Crippen molar-refractivity contribution >= 4 is 23.6 Å². The average molecular weight is 567 g/mol. The number of benzene rings is 4. The summed E-state index contributed by atoms with van der Waals surface area (Å²) in [5.74, 6) is -1.99. The maximum atomic E-state index is 12.2. The number of carbonyl (C=O) groups is 4. The van der Waals surface area contributed by atoms with E-state index in [1.165, 1.54) is 34.1 Å². The van der Waals surface area contributed by atoms with Gasteiger partial charge in [0.2, 0.25) is 0 Å². The van der Waals surface area contributed by atoms with Crippen LogP contribution in [0.15, 0.2) is 84.9 Å². The van der Waals surface area contributed by atoms with E-state index in [1.54, 1.807) is 60.7 Å². The Bertz CT molecular complexity index is 1530. The van der Waals surface area contributed by atoms with Crippen molar-refractivity contribution in [2.75, 3.05) is 13.1 Å². The highest BCUT2D eigenvalue weighted by atomic mass is 16.3. The topological polar surface area (TPSA) is 156 Å². The van der Waals surface area contributed by atoms with Crippen LogP contribution in [-0.4, -0.2) is 66.9 Å². The SMILES string of the molecule is O=C1c2ccccc2C(=O)N1CCc1ccc(O)c(O)c1.O=C1c2ccccc2C(=O)N1CCc1ccc(O)c(O)c1. The Kier molecular flexibility index (Phi) is 7.61. The molecular formula is C32H26N2O8. The predicted molar refractivity (Wildman–Crippen MR) is 151 cm³/mol. The third-order valence-corrected chi connectivity index (χ3v) is 7.08. The number of rotatable bonds is 6. The summed E-state index contributed by atoms with van der Waals surface area (Å²) >= 11 is 0. The maximum absolute atomic E-state index is 12.2. The first-order valence-electron chi connectivity index (χ1n) is 13.1. The molecule has 0 atom stereocenters. The molecule has 0 saturated heterocycles. The summed E-state index contributed by atoms with van der Waals surface area (Å²) in [7, 11) is 0. The van der Waals surface area contributed by atoms with Crippen molar-refractivity contribution < 1.29 is 39.6 Å². The van der Waals surface area contributed by atoms with Gasteiger partial charge in [0.1, 0.15) is 0 Å². The predicted octanol–water partition coefficient (Wildman–Crippen LogP) is 3.87. The summed E-state index contributed by atoms with van der Waals surface area (Å²) < 4.78 is 0. The lowest BCUT2D eigenvalue weighted by Crippen LogP contribution is -2.31. The molecule has 0 unspecified atom stereocenters. The highest BCUT2D eigenvalue weighted by Gasteiger charge is 2.35. The molecule has 4 aromatic carbocycles. The van der Waals surface area contributed by atoms with Crippen molar-refractivity contribution in [2.45, 2.75) is 12.8 Å². The summed E-state index contributed by atoms with van der Waals surface area (Å²) in [6.07, 6.45) is 0.832. The van der Waals surface area contributed by atoms with Gasteiger partial charge in [0, 0.05) is 13.1 Å². The number of carbonyl (C=O) groups excluding carboxylic acids is 4. The van der Waals surface area contributed by atoms with Gasteiger partial charge < -0.3 is 20.4 Å². The Morgan fingerprint density at radius 1 is 0.429 bits per heavy atom. The lowest BCUT2D eigenvalue weighted by Gasteiger charge is -2.13. The van der Waals surface area contributed by atoms with E-state index in [0.717, 1.165) is 11.1 Å². The van der Waals surface area contributed by atoms with Crippen molar-refractivity contribution in [1.29, 1.82) is 0 Å². The molecule has 0 aliphatic carbocycles. The molecule has 0 fully saturated rings. The minimum Gasteiger partial charge on any atom is -0.504 e. The molecule has 10 heteroatoms. The first-order valence-corrected chi connectivity index (χ1v) is 13.1. The van der Waals surface area contributed by atoms with E-state index >= 15 is 0 Å². The Balaban J connectivity index is 0.000000168. The second kappa shape index (κ2) is 11.5. The molecular weight excluding hydrogens is 540 g/mol. The van der Waals surface area contributed by atoms with E-state index in [4.69, 9.17) is 0 Å². The molecule has 0 aromatic heterocycles. The van der Waals surface area contributed by atoms with E-state index in [0.29, 0.717) is 35.1 Å². The molecule has 212 valence electrons. The molecule has 0 radical (unpaired) electrons. The highest BCUT2D eigenvalue weighted by molar-refractivity contribution is 6.22. The van der Waals surface area contributed by atoms with Crippen LogP contribution in [0.1, 0.15) is 52.6 Å². The molecule has 0 bridgehead atoms. The van der Waals surface area contributed by atoms with E-state index in [-0.39, 0.29) is 59.7 Å². The molecule has 4 amide bonds. The lowest BCUT2D eigenvalue weighted by molar-refractivity contribution is 0.0640. The lowest BCUT2D eigenvalue weighted by atomic mass is 10.1. The number of hydrogen-bond acceptors (Lipinski definition) is 8. The quantitative estimate of drug-likeness (QED) is 0.202. The summed E-state index contributed by atoms with van der Waals surface area (Å²) in [5, 5.41) is 37.4. The molecule has 2 heterocycles. The summed E-state index contributed by atoms with van der Waals surface area (Å²) in [5.41, 5.74) is 3.18. The fourth-order valence-electron chi connectivity index (χ4n) is 4.82. The number of imide groups is 2. The van der Waals surface area contributed by atoms with Crippen molar-refractivity contribution in [2.24, 2.45) is 0 Å². The number of hydrogen-bond donors (Lipinski definition) is 4. The van der Waals surface area contributed by atoms with Crippen LogP contribution in [0.2, 0.25) is 0 Å². The average Bonchev–Trinajstić information content (AvgIpc) is 3.38. The van der Waals surface area contributed by atoms with Crippen LogP contribution in [0.3, 0.4) is 0 Å². The highest BCUT2D eigenvalue weighted by Crippen LogP contribution is 2.28. The van der Waals surface area contributed by atoms with Gasteiger partial charge in [-0.2, -0.15) is 0 Å². The summed E-state index contributed by atoms with van der Waals surface area (Å²) in [6, 6.07) is 22.4. The zero-order valence-corrected chi connectivity index (χ0v) is 22.2. The maximum Gasteiger partial charge on any atom is 0.261 e. The Morgan fingerprint density at radius 2 is 0.738 bits per heavy atom. The smallest absolute Gasteiger partial charge is 0.261 e. The van der Waals surface area contributed by atoms with Gasteiger partial charge in [-0.1, -0.05) is 36.4 Å². The summed E-state index contributed by atoms with van der Waals surface area (Å²) in [4.78, 5) is 51.1. The normalized spacial score (nSPS) is 13.6. The number of phenolic OH excluding ortho intramolecular Hbond substituents is 4. The van der Waals surface area contributed by atoms with E-state index in [1.807, 2.05) is 0 Å². The number of nitrogens with zero attached hydrogens (tertiary/aromatic N) is 2. The molecule has 42 heavy (non-hydrogen) atoms. The van der Waals surface area contributed by atoms with Crippen molar-refractivity contribution in [3.63, 3.8) is 0 Å². The molecule has 2 aliphatic rings. The van der Waals surface area contributed by atoms with Crippen molar-refractivity contribution in [1.82, 2.24) is 9.80 Å². The number of fused-ring (bicyclic) bond motifs is 2. The first kappa shape index (κ1) is 27.9. The molecule has 6 rings (SSSR count). The number of aromatic hydroxyl groups is 4. The van der Waals surface area contributed by atoms with Crippen LogP contribution >= 0.6 is 0 Å². The third kappa shape index (κ3) is 5.37. The van der Waals surface area contributed by atoms with Gasteiger partial charge >= 0.3 is 0 Å². The van der Waals surface area contributed by atoms with Gasteiger partial charge in [0.25, 0.3) is 23.6 Å². The van der Waals surface area contributed by atoms with Gasteiger partial charge in [-0.05, 0) is 72.5 Å². The van der Waals surface area contributed by atoms with E-state index in [9.17, 15) is 39.6 Å². The molecule has 0 saturated carbocycles. The van der Waals surface area contributed by atoms with E-state index < -0.39 is 0 Å². The van der Waals surface area contributed by atoms with Crippen LogP contribution in [-0.2, 0) is 12.8 Å². The standard InChI is InChI=1S/2C16H13NO4/c2*18-13-6-5-10(9-14(13)19)7-8-17-15(20)11-3-1-2-4-12(11)16(17)21/h2*1-6,9,18-19H,7-8H2. The first-order chi connectivity index (χ1) is 20.2. The molecule has 2 aliphatic heterocycles. The Hall–Kier alpha value is -5.64. The number of phenols is 4. The van der Waals surface area contributed by atoms with Crippen LogP contribution in [0, 0.1) is 0 Å². The summed E-state index contributed by atoms with van der Waals surface area (Å²) in [6.45, 7) is 0.465. The van der Waals surface area contributed by atoms with Crippen LogP contribution in [0.5, 0.6) is 23.0 Å². The van der Waals surface area contributed by atoms with Crippen molar-refractivity contribution in [3.8, 4) is 23.0 Å².